The van der Waals surface area contributed by atoms with Gasteiger partial charge in [0.05, 0.1) is 6.10 Å². The third-order valence-corrected chi connectivity index (χ3v) is 2.96. The van der Waals surface area contributed by atoms with E-state index in [0.717, 1.165) is 24.5 Å². The Hall–Kier alpha value is -0.530. The number of benzene rings is 1. The summed E-state index contributed by atoms with van der Waals surface area (Å²) >= 11 is 5.99. The van der Waals surface area contributed by atoms with Crippen LogP contribution in [-0.4, -0.2) is 33.2 Å². The zero-order valence-corrected chi connectivity index (χ0v) is 15.2. The number of ether oxygens (including phenoxy) is 1. The number of hydrogen-bond donors (Lipinski definition) is 2. The molecule has 1 aromatic rings. The molecule has 0 fully saturated rings. The van der Waals surface area contributed by atoms with E-state index >= 15 is 0 Å². The third kappa shape index (κ3) is 6.76. The maximum absolute atomic E-state index is 5.99. The molecule has 0 aliphatic rings. The number of rotatable bonds is 6. The second-order valence-electron chi connectivity index (χ2n) is 4.16. The molecule has 6 heteroatoms. The molecule has 0 aliphatic carbocycles. The highest BCUT2D eigenvalue weighted by Crippen LogP contribution is 2.19. The van der Waals surface area contributed by atoms with Crippen molar-refractivity contribution >= 4 is 41.5 Å². The first-order valence-corrected chi connectivity index (χ1v) is 6.81. The van der Waals surface area contributed by atoms with Gasteiger partial charge in [-0.3, -0.25) is 4.99 Å². The molecule has 0 amide bonds. The predicted octanol–water partition coefficient (Wildman–Crippen LogP) is 3.22. The highest BCUT2D eigenvalue weighted by atomic mass is 127. The quantitative estimate of drug-likeness (QED) is 0.429. The molecule has 114 valence electrons. The maximum Gasteiger partial charge on any atom is 0.191 e. The smallest absolute Gasteiger partial charge is 0.191 e. The van der Waals surface area contributed by atoms with Crippen molar-refractivity contribution in [3.8, 4) is 0 Å². The van der Waals surface area contributed by atoms with Crippen LogP contribution in [-0.2, 0) is 4.74 Å². The zero-order chi connectivity index (χ0) is 14.1. The molecule has 2 N–H and O–H groups in total. The number of guanidine groups is 1. The van der Waals surface area contributed by atoms with Gasteiger partial charge in [0.1, 0.15) is 0 Å². The van der Waals surface area contributed by atoms with Gasteiger partial charge in [-0.1, -0.05) is 30.7 Å². The van der Waals surface area contributed by atoms with E-state index < -0.39 is 0 Å². The van der Waals surface area contributed by atoms with E-state index in [1.807, 2.05) is 24.3 Å². The molecule has 0 radical (unpaired) electrons. The molecule has 0 aromatic heterocycles. The molecular weight excluding hydrogens is 389 g/mol. The maximum atomic E-state index is 5.99. The van der Waals surface area contributed by atoms with Crippen molar-refractivity contribution in [1.82, 2.24) is 10.6 Å². The van der Waals surface area contributed by atoms with Crippen LogP contribution in [0.25, 0.3) is 0 Å². The molecule has 20 heavy (non-hydrogen) atoms. The molecule has 0 heterocycles. The van der Waals surface area contributed by atoms with Crippen LogP contribution in [0.15, 0.2) is 29.3 Å². The Balaban J connectivity index is 0.00000361. The van der Waals surface area contributed by atoms with Crippen molar-refractivity contribution in [2.24, 2.45) is 4.99 Å². The summed E-state index contributed by atoms with van der Waals surface area (Å²) in [5.74, 6) is 0.783. The predicted molar refractivity (Wildman–Crippen MR) is 96.3 cm³/mol. The first kappa shape index (κ1) is 19.5. The standard InChI is InChI=1S/C14H22ClN3O.HI/c1-4-8-17-14(16-2)18-10-13(19-3)11-6-5-7-12(15)9-11;/h5-7,9,13H,4,8,10H2,1-3H3,(H2,16,17,18);1H. The van der Waals surface area contributed by atoms with Crippen molar-refractivity contribution < 1.29 is 4.74 Å². The molecule has 1 aromatic carbocycles. The SMILES string of the molecule is CCCNC(=NC)NCC(OC)c1cccc(Cl)c1.I. The van der Waals surface area contributed by atoms with Gasteiger partial charge in [0.2, 0.25) is 0 Å². The third-order valence-electron chi connectivity index (χ3n) is 2.73. The summed E-state index contributed by atoms with van der Waals surface area (Å²) in [5.41, 5.74) is 1.05. The molecule has 4 nitrogen and oxygen atoms in total. The van der Waals surface area contributed by atoms with Gasteiger partial charge in [0, 0.05) is 32.3 Å². The van der Waals surface area contributed by atoms with Gasteiger partial charge in [0.25, 0.3) is 0 Å². The fraction of sp³-hybridized carbons (Fsp3) is 0.500. The van der Waals surface area contributed by atoms with E-state index in [9.17, 15) is 0 Å². The van der Waals surface area contributed by atoms with E-state index in [2.05, 4.69) is 22.5 Å². The van der Waals surface area contributed by atoms with Crippen LogP contribution in [0, 0.1) is 0 Å². The van der Waals surface area contributed by atoms with Crippen LogP contribution < -0.4 is 10.6 Å². The summed E-state index contributed by atoms with van der Waals surface area (Å²) < 4.78 is 5.49. The molecular formula is C14H23ClIN3O. The molecule has 0 spiro atoms. The van der Waals surface area contributed by atoms with Gasteiger partial charge < -0.3 is 15.4 Å². The molecule has 0 aliphatic heterocycles. The second kappa shape index (κ2) is 11.2. The highest BCUT2D eigenvalue weighted by Gasteiger charge is 2.11. The monoisotopic (exact) mass is 411 g/mol. The number of aliphatic imine (C=N–C) groups is 1. The number of nitrogens with one attached hydrogen (secondary N) is 2. The van der Waals surface area contributed by atoms with Crippen molar-refractivity contribution in [3.05, 3.63) is 34.9 Å². The van der Waals surface area contributed by atoms with E-state index in [-0.39, 0.29) is 30.1 Å². The Labute approximate surface area is 143 Å². The average Bonchev–Trinajstić information content (AvgIpc) is 2.43. The summed E-state index contributed by atoms with van der Waals surface area (Å²) in [6, 6.07) is 7.70. The minimum absolute atomic E-state index is 0. The topological polar surface area (TPSA) is 45.7 Å². The summed E-state index contributed by atoms with van der Waals surface area (Å²) in [6.07, 6.45) is 1.00. The van der Waals surface area contributed by atoms with Gasteiger partial charge in [-0.25, -0.2) is 0 Å². The van der Waals surface area contributed by atoms with E-state index in [4.69, 9.17) is 16.3 Å². The van der Waals surface area contributed by atoms with Crippen molar-refractivity contribution in [3.63, 3.8) is 0 Å². The second-order valence-corrected chi connectivity index (χ2v) is 4.60. The summed E-state index contributed by atoms with van der Waals surface area (Å²) in [7, 11) is 3.45. The summed E-state index contributed by atoms with van der Waals surface area (Å²) in [5, 5.41) is 7.18. The lowest BCUT2D eigenvalue weighted by molar-refractivity contribution is 0.106. The van der Waals surface area contributed by atoms with Gasteiger partial charge in [-0.05, 0) is 24.1 Å². The molecule has 1 atom stereocenters. The zero-order valence-electron chi connectivity index (χ0n) is 12.1. The number of nitrogens with zero attached hydrogens (tertiary/aromatic N) is 1. The first-order chi connectivity index (χ1) is 9.21. The Morgan fingerprint density at radius 2 is 2.15 bits per heavy atom. The van der Waals surface area contributed by atoms with Crippen LogP contribution >= 0.6 is 35.6 Å². The van der Waals surface area contributed by atoms with Crippen LogP contribution in [0.4, 0.5) is 0 Å². The van der Waals surface area contributed by atoms with Gasteiger partial charge >= 0.3 is 0 Å². The Morgan fingerprint density at radius 1 is 1.40 bits per heavy atom. The molecule has 0 saturated carbocycles. The van der Waals surface area contributed by atoms with E-state index in [0.29, 0.717) is 11.6 Å². The van der Waals surface area contributed by atoms with Crippen LogP contribution in [0.1, 0.15) is 25.0 Å². The van der Waals surface area contributed by atoms with Gasteiger partial charge in [0.15, 0.2) is 5.96 Å². The largest absolute Gasteiger partial charge is 0.375 e. The minimum Gasteiger partial charge on any atom is -0.375 e. The van der Waals surface area contributed by atoms with Crippen LogP contribution in [0.2, 0.25) is 5.02 Å². The fourth-order valence-corrected chi connectivity index (χ4v) is 1.90. The van der Waals surface area contributed by atoms with Crippen LogP contribution in [0.3, 0.4) is 0 Å². The van der Waals surface area contributed by atoms with Crippen LogP contribution in [0.5, 0.6) is 0 Å². The van der Waals surface area contributed by atoms with E-state index in [1.165, 1.54) is 0 Å². The lowest BCUT2D eigenvalue weighted by Gasteiger charge is -2.18. The number of halogens is 2. The fourth-order valence-electron chi connectivity index (χ4n) is 1.70. The normalized spacial score (nSPS) is 12.5. The lowest BCUT2D eigenvalue weighted by Crippen LogP contribution is -2.39. The average molecular weight is 412 g/mol. The Bertz CT molecular complexity index is 415. The molecule has 0 saturated heterocycles. The van der Waals surface area contributed by atoms with Crippen molar-refractivity contribution in [1.29, 1.82) is 0 Å². The number of methoxy groups -OCH3 is 1. The van der Waals surface area contributed by atoms with Crippen molar-refractivity contribution in [2.45, 2.75) is 19.4 Å². The van der Waals surface area contributed by atoms with E-state index in [1.54, 1.807) is 14.2 Å². The molecule has 1 rings (SSSR count). The first-order valence-electron chi connectivity index (χ1n) is 6.44. The molecule has 0 bridgehead atoms. The van der Waals surface area contributed by atoms with Crippen molar-refractivity contribution in [2.75, 3.05) is 27.2 Å². The highest BCUT2D eigenvalue weighted by molar-refractivity contribution is 14.0. The Morgan fingerprint density at radius 3 is 2.70 bits per heavy atom. The van der Waals surface area contributed by atoms with Gasteiger partial charge in [-0.2, -0.15) is 0 Å². The molecule has 1 unspecified atom stereocenters. The summed E-state index contributed by atoms with van der Waals surface area (Å²) in [6.45, 7) is 3.65. The minimum atomic E-state index is -0.0566. The Kier molecular flexibility index (Phi) is 10.9. The number of hydrogen-bond acceptors (Lipinski definition) is 2. The lowest BCUT2D eigenvalue weighted by atomic mass is 10.1. The van der Waals surface area contributed by atoms with Gasteiger partial charge in [-0.15, -0.1) is 24.0 Å². The summed E-state index contributed by atoms with van der Waals surface area (Å²) in [4.78, 5) is 4.16.